The van der Waals surface area contributed by atoms with E-state index in [1.54, 1.807) is 0 Å². The minimum absolute atomic E-state index is 0.240. The fourth-order valence-electron chi connectivity index (χ4n) is 6.92. The van der Waals surface area contributed by atoms with Crippen LogP contribution in [-0.2, 0) is 28.9 Å². The molecule has 7 unspecified atom stereocenters. The third kappa shape index (κ3) is 25.9. The van der Waals surface area contributed by atoms with Gasteiger partial charge >= 0.3 is 10.4 Å². The van der Waals surface area contributed by atoms with Crippen molar-refractivity contribution in [3.8, 4) is 0 Å². The minimum atomic E-state index is -5.07. The Bertz CT molecular complexity index is 1030. The summed E-state index contributed by atoms with van der Waals surface area (Å²) in [6.45, 7) is 3.40. The van der Waals surface area contributed by atoms with Crippen LogP contribution in [0.25, 0.3) is 0 Å². The van der Waals surface area contributed by atoms with Gasteiger partial charge in [0.1, 0.15) is 24.4 Å². The Morgan fingerprint density at radius 3 is 1.70 bits per heavy atom. The lowest BCUT2D eigenvalue weighted by Gasteiger charge is -2.41. The Labute approximate surface area is 328 Å². The number of hydrogen-bond donors (Lipinski definition) is 6. The van der Waals surface area contributed by atoms with Crippen molar-refractivity contribution in [2.24, 2.45) is 0 Å². The van der Waals surface area contributed by atoms with Gasteiger partial charge in [-0.2, -0.15) is 8.42 Å². The molecule has 13 heteroatoms. The minimum Gasteiger partial charge on any atom is -0.394 e. The Morgan fingerprint density at radius 2 is 1.19 bits per heavy atom. The number of carbonyl (C=O) groups is 1. The Morgan fingerprint density at radius 1 is 0.722 bits per heavy atom. The second kappa shape index (κ2) is 32.9. The third-order valence-corrected chi connectivity index (χ3v) is 10.8. The average Bonchev–Trinajstić information content (AvgIpc) is 3.14. The fraction of sp³-hybridized carbons (Fsp3) is 0.927. The van der Waals surface area contributed by atoms with Crippen molar-refractivity contribution >= 4 is 16.3 Å². The van der Waals surface area contributed by atoms with Crippen LogP contribution in [0, 0.1) is 0 Å². The molecule has 1 fully saturated rings. The highest BCUT2D eigenvalue weighted by Crippen LogP contribution is 2.26. The third-order valence-electron chi connectivity index (χ3n) is 10.3. The molecule has 0 aromatic rings. The van der Waals surface area contributed by atoms with Crippen LogP contribution in [0.4, 0.5) is 0 Å². The van der Waals surface area contributed by atoms with Crippen LogP contribution in [0.15, 0.2) is 12.2 Å². The van der Waals surface area contributed by atoms with Gasteiger partial charge in [-0.3, -0.25) is 9.35 Å². The maximum absolute atomic E-state index is 13.0. The van der Waals surface area contributed by atoms with Gasteiger partial charge in [0.05, 0.1) is 25.4 Å². The second-order valence-corrected chi connectivity index (χ2v) is 16.3. The average molecular weight is 794 g/mol. The van der Waals surface area contributed by atoms with Crippen molar-refractivity contribution in [2.75, 3.05) is 13.2 Å². The lowest BCUT2D eigenvalue weighted by atomic mass is 9.99. The first kappa shape index (κ1) is 50.9. The number of rotatable bonds is 36. The molecule has 1 heterocycles. The van der Waals surface area contributed by atoms with Crippen molar-refractivity contribution in [3.05, 3.63) is 12.2 Å². The fourth-order valence-corrected chi connectivity index (χ4v) is 7.43. The highest BCUT2D eigenvalue weighted by molar-refractivity contribution is 7.80. The molecule has 7 atom stereocenters. The highest BCUT2D eigenvalue weighted by atomic mass is 32.3. The normalized spacial score (nSPS) is 21.8. The van der Waals surface area contributed by atoms with E-state index in [1.165, 1.54) is 89.9 Å². The van der Waals surface area contributed by atoms with Crippen LogP contribution < -0.4 is 5.32 Å². The number of hydrogen-bond acceptors (Lipinski definition) is 10. The molecule has 0 bridgehead atoms. The molecule has 1 aliphatic heterocycles. The topological polar surface area (TPSA) is 192 Å². The molecular formula is C41H79NO11S. The predicted octanol–water partition coefficient (Wildman–Crippen LogP) is 7.60. The molecule has 0 aliphatic carbocycles. The van der Waals surface area contributed by atoms with Crippen LogP contribution >= 0.6 is 0 Å². The maximum Gasteiger partial charge on any atom is 0.397 e. The van der Waals surface area contributed by atoms with E-state index in [0.29, 0.717) is 12.8 Å². The molecule has 0 saturated carbocycles. The van der Waals surface area contributed by atoms with Gasteiger partial charge in [-0.1, -0.05) is 154 Å². The largest absolute Gasteiger partial charge is 0.397 e. The van der Waals surface area contributed by atoms with E-state index in [4.69, 9.17) is 14.0 Å². The van der Waals surface area contributed by atoms with E-state index in [0.717, 1.165) is 64.2 Å². The molecular weight excluding hydrogens is 715 g/mol. The molecule has 1 aliphatic rings. The molecule has 320 valence electrons. The summed E-state index contributed by atoms with van der Waals surface area (Å²) in [5.74, 6) is -0.240. The molecule has 1 saturated heterocycles. The predicted molar refractivity (Wildman–Crippen MR) is 213 cm³/mol. The lowest BCUT2D eigenvalue weighted by molar-refractivity contribution is -0.298. The number of nitrogens with one attached hydrogen (secondary N) is 1. The summed E-state index contributed by atoms with van der Waals surface area (Å²) in [6.07, 6.45) is 25.0. The van der Waals surface area contributed by atoms with Crippen LogP contribution in [0.1, 0.15) is 187 Å². The summed E-state index contributed by atoms with van der Waals surface area (Å²) in [5.41, 5.74) is 0. The van der Waals surface area contributed by atoms with E-state index in [-0.39, 0.29) is 18.9 Å². The van der Waals surface area contributed by atoms with Gasteiger partial charge in [-0.15, -0.1) is 0 Å². The number of unbranched alkanes of at least 4 members (excludes halogenated alkanes) is 22. The Balaban J connectivity index is 2.55. The van der Waals surface area contributed by atoms with Gasteiger partial charge in [0.25, 0.3) is 0 Å². The number of amides is 1. The zero-order chi connectivity index (χ0) is 39.9. The Hall–Kier alpha value is -1.16. The zero-order valence-corrected chi connectivity index (χ0v) is 34.6. The SMILES string of the molecule is CCCCC/C=C\CCCCCCCC(=O)NC(COC1OC(CO)C(O)C(OS(=O)(=O)O)C1O)C(O)CCCCCCCCCCCCCCCCC. The number of aliphatic hydroxyl groups is 4. The smallest absolute Gasteiger partial charge is 0.394 e. The van der Waals surface area contributed by atoms with Crippen LogP contribution in [-0.4, -0.2) is 95.4 Å². The molecule has 1 amide bonds. The molecule has 0 spiro atoms. The summed E-state index contributed by atoms with van der Waals surface area (Å²) in [4.78, 5) is 13.0. The summed E-state index contributed by atoms with van der Waals surface area (Å²) in [6, 6.07) is -0.857. The Kier molecular flexibility index (Phi) is 31.0. The monoisotopic (exact) mass is 794 g/mol. The zero-order valence-electron chi connectivity index (χ0n) is 33.8. The quantitative estimate of drug-likeness (QED) is 0.0208. The number of carbonyl (C=O) groups excluding carboxylic acids is 1. The maximum atomic E-state index is 13.0. The van der Waals surface area contributed by atoms with E-state index in [2.05, 4.69) is 35.5 Å². The first-order valence-electron chi connectivity index (χ1n) is 21.6. The van der Waals surface area contributed by atoms with Crippen LogP contribution in [0.5, 0.6) is 0 Å². The summed E-state index contributed by atoms with van der Waals surface area (Å²) in [7, 11) is -5.07. The van der Waals surface area contributed by atoms with Gasteiger partial charge < -0.3 is 35.2 Å². The lowest BCUT2D eigenvalue weighted by Crippen LogP contribution is -2.61. The second-order valence-electron chi connectivity index (χ2n) is 15.3. The molecule has 54 heavy (non-hydrogen) atoms. The first-order chi connectivity index (χ1) is 26.0. The highest BCUT2D eigenvalue weighted by Gasteiger charge is 2.48. The van der Waals surface area contributed by atoms with Gasteiger partial charge in [0, 0.05) is 6.42 Å². The van der Waals surface area contributed by atoms with Crippen molar-refractivity contribution in [2.45, 2.75) is 230 Å². The van der Waals surface area contributed by atoms with Crippen LogP contribution in [0.2, 0.25) is 0 Å². The first-order valence-corrected chi connectivity index (χ1v) is 22.9. The number of ether oxygens (including phenoxy) is 2. The standard InChI is InChI=1S/C41H79NO11S/c1-3-5-7-9-11-13-15-17-18-19-20-22-24-26-28-30-35(44)34(42-37(45)31-29-27-25-23-21-16-14-12-10-8-6-4-2)33-51-41-39(47)40(53-54(48,49)50)38(46)36(32-43)52-41/h12,14,34-36,38-41,43-44,46-47H,3-11,13,15-33H2,1-2H3,(H,42,45)(H,48,49,50)/b14-12-. The van der Waals surface area contributed by atoms with Crippen molar-refractivity contribution in [1.29, 1.82) is 0 Å². The molecule has 12 nitrogen and oxygen atoms in total. The van der Waals surface area contributed by atoms with Gasteiger partial charge in [-0.25, -0.2) is 4.18 Å². The van der Waals surface area contributed by atoms with E-state index in [9.17, 15) is 33.6 Å². The van der Waals surface area contributed by atoms with Crippen LogP contribution in [0.3, 0.4) is 0 Å². The number of aliphatic hydroxyl groups excluding tert-OH is 4. The summed E-state index contributed by atoms with van der Waals surface area (Å²) < 4.78 is 47.5. The van der Waals surface area contributed by atoms with Crippen molar-refractivity contribution in [3.63, 3.8) is 0 Å². The van der Waals surface area contributed by atoms with E-state index in [1.807, 2.05) is 0 Å². The molecule has 0 radical (unpaired) electrons. The number of allylic oxidation sites excluding steroid dienone is 2. The molecule has 0 aromatic heterocycles. The van der Waals surface area contributed by atoms with Gasteiger partial charge in [0.15, 0.2) is 6.29 Å². The van der Waals surface area contributed by atoms with Gasteiger partial charge in [0.2, 0.25) is 5.91 Å². The van der Waals surface area contributed by atoms with E-state index >= 15 is 0 Å². The van der Waals surface area contributed by atoms with E-state index < -0.39 is 59.9 Å². The van der Waals surface area contributed by atoms with Crippen molar-refractivity contribution < 1.29 is 51.8 Å². The van der Waals surface area contributed by atoms with Gasteiger partial charge in [-0.05, 0) is 38.5 Å². The molecule has 6 N–H and O–H groups in total. The summed E-state index contributed by atoms with van der Waals surface area (Å²) in [5, 5.41) is 44.7. The molecule has 0 aromatic carbocycles. The molecule has 1 rings (SSSR count). The summed E-state index contributed by atoms with van der Waals surface area (Å²) >= 11 is 0. The van der Waals surface area contributed by atoms with Crippen molar-refractivity contribution in [1.82, 2.24) is 5.32 Å².